The van der Waals surface area contributed by atoms with Gasteiger partial charge in [0.2, 0.25) is 0 Å². The highest BCUT2D eigenvalue weighted by Crippen LogP contribution is 2.29. The van der Waals surface area contributed by atoms with Crippen molar-refractivity contribution in [1.82, 2.24) is 4.98 Å². The molecule has 2 heterocycles. The van der Waals surface area contributed by atoms with Crippen LogP contribution in [0.3, 0.4) is 0 Å². The Morgan fingerprint density at radius 2 is 1.61 bits per heavy atom. The molecular weight excluding hydrogens is 434 g/mol. The summed E-state index contributed by atoms with van der Waals surface area (Å²) in [6.07, 6.45) is 2.80. The van der Waals surface area contributed by atoms with Crippen molar-refractivity contribution >= 4 is 27.4 Å². The second kappa shape index (κ2) is 9.58. The standard InChI is InChI=1S/C26H27N3O3S/c1-3-29(22-12-8-5-9-13-22)33(31,32)23-15-17-25(27-18-23)28-19-20(2)24(26(28)30)16-14-21-10-6-4-7-11-21/h4-13,15,17-18H,3,14,16,19H2,1-2H3. The quantitative estimate of drug-likeness (QED) is 0.492. The molecule has 1 aromatic heterocycles. The van der Waals surface area contributed by atoms with Crippen molar-refractivity contribution in [3.8, 4) is 0 Å². The fraction of sp³-hybridized carbons (Fsp3) is 0.231. The molecule has 0 aliphatic carbocycles. The fourth-order valence-corrected chi connectivity index (χ4v) is 5.49. The summed E-state index contributed by atoms with van der Waals surface area (Å²) in [7, 11) is -3.76. The molecule has 0 saturated carbocycles. The second-order valence-electron chi connectivity index (χ2n) is 7.99. The summed E-state index contributed by atoms with van der Waals surface area (Å²) in [6.45, 7) is 4.52. The van der Waals surface area contributed by atoms with Gasteiger partial charge in [-0.25, -0.2) is 13.4 Å². The number of amides is 1. The van der Waals surface area contributed by atoms with Gasteiger partial charge in [-0.15, -0.1) is 0 Å². The van der Waals surface area contributed by atoms with Crippen LogP contribution in [0.4, 0.5) is 11.5 Å². The van der Waals surface area contributed by atoms with E-state index in [1.54, 1.807) is 42.2 Å². The summed E-state index contributed by atoms with van der Waals surface area (Å²) in [4.78, 5) is 19.1. The number of rotatable bonds is 8. The maximum atomic E-state index is 13.2. The molecule has 0 fully saturated rings. The summed E-state index contributed by atoms with van der Waals surface area (Å²) < 4.78 is 27.7. The fourth-order valence-electron chi connectivity index (χ4n) is 4.07. The molecule has 0 atom stereocenters. The molecule has 0 saturated heterocycles. The number of pyridine rings is 1. The molecule has 7 heteroatoms. The van der Waals surface area contributed by atoms with E-state index in [4.69, 9.17) is 0 Å². The highest BCUT2D eigenvalue weighted by molar-refractivity contribution is 7.92. The molecule has 1 aliphatic heterocycles. The van der Waals surface area contributed by atoms with Gasteiger partial charge in [0.15, 0.2) is 0 Å². The molecule has 2 aromatic carbocycles. The van der Waals surface area contributed by atoms with Crippen LogP contribution in [0.1, 0.15) is 25.8 Å². The first-order chi connectivity index (χ1) is 15.9. The maximum absolute atomic E-state index is 13.2. The molecule has 170 valence electrons. The van der Waals surface area contributed by atoms with Gasteiger partial charge in [-0.05, 0) is 62.1 Å². The summed E-state index contributed by atoms with van der Waals surface area (Å²) in [5.74, 6) is 0.391. The van der Waals surface area contributed by atoms with Gasteiger partial charge < -0.3 is 0 Å². The van der Waals surface area contributed by atoms with Gasteiger partial charge in [-0.1, -0.05) is 48.5 Å². The van der Waals surface area contributed by atoms with Crippen LogP contribution in [0.5, 0.6) is 0 Å². The lowest BCUT2D eigenvalue weighted by molar-refractivity contribution is -0.114. The number of benzene rings is 2. The van der Waals surface area contributed by atoms with Crippen LogP contribution < -0.4 is 9.21 Å². The molecule has 1 amide bonds. The number of carbonyl (C=O) groups is 1. The first-order valence-corrected chi connectivity index (χ1v) is 12.4. The predicted molar refractivity (Wildman–Crippen MR) is 131 cm³/mol. The molecule has 0 spiro atoms. The Kier molecular flexibility index (Phi) is 6.60. The molecule has 0 bridgehead atoms. The van der Waals surface area contributed by atoms with E-state index in [9.17, 15) is 13.2 Å². The Bertz CT molecular complexity index is 1260. The number of anilines is 2. The van der Waals surface area contributed by atoms with E-state index in [-0.39, 0.29) is 10.8 Å². The Balaban J connectivity index is 1.50. The van der Waals surface area contributed by atoms with Crippen LogP contribution >= 0.6 is 0 Å². The van der Waals surface area contributed by atoms with E-state index in [2.05, 4.69) is 17.1 Å². The number of sulfonamides is 1. The average molecular weight is 462 g/mol. The van der Waals surface area contributed by atoms with E-state index in [1.807, 2.05) is 31.2 Å². The van der Waals surface area contributed by atoms with Gasteiger partial charge in [0.25, 0.3) is 15.9 Å². The third kappa shape index (κ3) is 4.68. The smallest absolute Gasteiger partial charge is 0.265 e. The largest absolute Gasteiger partial charge is 0.289 e. The summed E-state index contributed by atoms with van der Waals surface area (Å²) in [5, 5.41) is 0. The molecule has 3 aromatic rings. The highest BCUT2D eigenvalue weighted by atomic mass is 32.2. The van der Waals surface area contributed by atoms with Gasteiger partial charge in [0, 0.05) is 24.9 Å². The number of para-hydroxylation sites is 1. The monoisotopic (exact) mass is 461 g/mol. The minimum Gasteiger partial charge on any atom is -0.289 e. The molecule has 0 radical (unpaired) electrons. The summed E-state index contributed by atoms with van der Waals surface area (Å²) >= 11 is 0. The van der Waals surface area contributed by atoms with Crippen molar-refractivity contribution in [3.05, 3.63) is 95.7 Å². The van der Waals surface area contributed by atoms with Crippen LogP contribution in [0, 0.1) is 0 Å². The Morgan fingerprint density at radius 1 is 0.939 bits per heavy atom. The number of aryl methyl sites for hydroxylation is 1. The summed E-state index contributed by atoms with van der Waals surface area (Å²) in [5.41, 5.74) is 3.62. The van der Waals surface area contributed by atoms with Crippen LogP contribution in [0.2, 0.25) is 0 Å². The molecule has 33 heavy (non-hydrogen) atoms. The normalized spacial score (nSPS) is 14.1. The van der Waals surface area contributed by atoms with Crippen molar-refractivity contribution in [2.75, 3.05) is 22.3 Å². The number of hydrogen-bond donors (Lipinski definition) is 0. The number of hydrogen-bond acceptors (Lipinski definition) is 4. The van der Waals surface area contributed by atoms with Gasteiger partial charge in [0.1, 0.15) is 10.7 Å². The van der Waals surface area contributed by atoms with E-state index in [1.165, 1.54) is 22.1 Å². The van der Waals surface area contributed by atoms with E-state index >= 15 is 0 Å². The maximum Gasteiger partial charge on any atom is 0.265 e. The topological polar surface area (TPSA) is 70.6 Å². The van der Waals surface area contributed by atoms with Crippen molar-refractivity contribution in [3.63, 3.8) is 0 Å². The van der Waals surface area contributed by atoms with Gasteiger partial charge in [0.05, 0.1) is 5.69 Å². The minimum absolute atomic E-state index is 0.0639. The molecule has 1 aliphatic rings. The highest BCUT2D eigenvalue weighted by Gasteiger charge is 2.30. The Morgan fingerprint density at radius 3 is 2.21 bits per heavy atom. The first kappa shape index (κ1) is 22.7. The Hall–Kier alpha value is -3.45. The third-order valence-electron chi connectivity index (χ3n) is 5.84. The molecule has 0 N–H and O–H groups in total. The van der Waals surface area contributed by atoms with Crippen LogP contribution in [-0.4, -0.2) is 32.4 Å². The average Bonchev–Trinajstić information content (AvgIpc) is 3.12. The van der Waals surface area contributed by atoms with Gasteiger partial charge in [-0.2, -0.15) is 0 Å². The summed E-state index contributed by atoms with van der Waals surface area (Å²) in [6, 6.07) is 22.2. The minimum atomic E-state index is -3.76. The van der Waals surface area contributed by atoms with E-state index in [0.29, 0.717) is 31.0 Å². The zero-order chi connectivity index (χ0) is 23.4. The van der Waals surface area contributed by atoms with Crippen molar-refractivity contribution in [1.29, 1.82) is 0 Å². The van der Waals surface area contributed by atoms with Crippen LogP contribution in [0.15, 0.2) is 95.0 Å². The lowest BCUT2D eigenvalue weighted by Gasteiger charge is -2.23. The first-order valence-electron chi connectivity index (χ1n) is 11.0. The van der Waals surface area contributed by atoms with Gasteiger partial charge in [-0.3, -0.25) is 14.0 Å². The van der Waals surface area contributed by atoms with E-state index in [0.717, 1.165) is 17.6 Å². The lowest BCUT2D eigenvalue weighted by Crippen LogP contribution is -2.31. The molecule has 0 unspecified atom stereocenters. The SMILES string of the molecule is CCN(c1ccccc1)S(=O)(=O)c1ccc(N2CC(C)=C(CCc3ccccc3)C2=O)nc1. The van der Waals surface area contributed by atoms with Crippen LogP contribution in [0.25, 0.3) is 0 Å². The van der Waals surface area contributed by atoms with E-state index < -0.39 is 10.0 Å². The number of nitrogens with zero attached hydrogens (tertiary/aromatic N) is 3. The van der Waals surface area contributed by atoms with Crippen molar-refractivity contribution in [2.45, 2.75) is 31.6 Å². The molecular formula is C26H27N3O3S. The van der Waals surface area contributed by atoms with Gasteiger partial charge >= 0.3 is 0 Å². The number of aromatic nitrogens is 1. The predicted octanol–water partition coefficient (Wildman–Crippen LogP) is 4.59. The number of carbonyl (C=O) groups excluding carboxylic acids is 1. The van der Waals surface area contributed by atoms with Crippen LogP contribution in [-0.2, 0) is 21.2 Å². The zero-order valence-electron chi connectivity index (χ0n) is 18.8. The molecule has 6 nitrogen and oxygen atoms in total. The lowest BCUT2D eigenvalue weighted by atomic mass is 10.0. The van der Waals surface area contributed by atoms with Crippen molar-refractivity contribution < 1.29 is 13.2 Å². The Labute approximate surface area is 195 Å². The molecule has 4 rings (SSSR count). The van der Waals surface area contributed by atoms with Crippen molar-refractivity contribution in [2.24, 2.45) is 0 Å². The third-order valence-corrected chi connectivity index (χ3v) is 7.72. The second-order valence-corrected chi connectivity index (χ2v) is 9.86. The zero-order valence-corrected chi connectivity index (χ0v) is 19.6.